The molecule has 0 radical (unpaired) electrons. The molecule has 0 spiro atoms. The number of primary amides is 1. The minimum Gasteiger partial charge on any atom is -0.452 e. The zero-order valence-corrected chi connectivity index (χ0v) is 15.6. The summed E-state index contributed by atoms with van der Waals surface area (Å²) in [5, 5.41) is 16.3. The Hall–Kier alpha value is -3.95. The highest BCUT2D eigenvalue weighted by Gasteiger charge is 2.18. The van der Waals surface area contributed by atoms with Crippen molar-refractivity contribution in [3.63, 3.8) is 0 Å². The number of nitrogens with two attached hydrogens (primary N) is 1. The van der Waals surface area contributed by atoms with Gasteiger partial charge in [-0.25, -0.2) is 0 Å². The number of hydrogen-bond acceptors (Lipinski definition) is 7. The lowest BCUT2D eigenvalue weighted by Gasteiger charge is -2.14. The van der Waals surface area contributed by atoms with E-state index in [0.29, 0.717) is 11.3 Å². The number of anilines is 2. The number of nitrogens with one attached hydrogen (secondary N) is 2. The van der Waals surface area contributed by atoms with Crippen LogP contribution in [-0.4, -0.2) is 35.4 Å². The van der Waals surface area contributed by atoms with Crippen LogP contribution in [0, 0.1) is 10.1 Å². The molecule has 0 saturated heterocycles. The second kappa shape index (κ2) is 9.83. The summed E-state index contributed by atoms with van der Waals surface area (Å²) in [5.41, 5.74) is 6.05. The van der Waals surface area contributed by atoms with Crippen LogP contribution in [0.2, 0.25) is 0 Å². The Labute approximate surface area is 166 Å². The van der Waals surface area contributed by atoms with Gasteiger partial charge in [0.1, 0.15) is 5.69 Å². The lowest BCUT2D eigenvalue weighted by molar-refractivity contribution is -0.384. The van der Waals surface area contributed by atoms with Gasteiger partial charge in [-0.15, -0.1) is 0 Å². The maximum Gasteiger partial charge on any atom is 0.308 e. The molecule has 0 aliphatic carbocycles. The molecule has 1 unspecified atom stereocenters. The fraction of sp³-hybridized carbons (Fsp3) is 0.211. The van der Waals surface area contributed by atoms with Gasteiger partial charge >= 0.3 is 5.97 Å². The van der Waals surface area contributed by atoms with E-state index in [9.17, 15) is 24.5 Å². The third kappa shape index (κ3) is 6.31. The van der Waals surface area contributed by atoms with Crippen molar-refractivity contribution in [3.8, 4) is 0 Å². The summed E-state index contributed by atoms with van der Waals surface area (Å²) in [4.78, 5) is 45.5. The molecule has 2 aromatic carbocycles. The second-order valence-corrected chi connectivity index (χ2v) is 6.01. The van der Waals surface area contributed by atoms with E-state index in [2.05, 4.69) is 10.6 Å². The molecule has 2 amide bonds. The fourth-order valence-corrected chi connectivity index (χ4v) is 2.35. The van der Waals surface area contributed by atoms with Crippen molar-refractivity contribution < 1.29 is 24.0 Å². The number of esters is 1. The van der Waals surface area contributed by atoms with Crippen LogP contribution in [-0.2, 0) is 14.3 Å². The van der Waals surface area contributed by atoms with E-state index in [4.69, 9.17) is 10.5 Å². The molecule has 152 valence electrons. The minimum absolute atomic E-state index is 0.0863. The summed E-state index contributed by atoms with van der Waals surface area (Å²) in [6, 6.07) is 12.0. The number of carbonyl (C=O) groups excluding carboxylic acids is 3. The molecular weight excluding hydrogens is 380 g/mol. The molecule has 0 saturated carbocycles. The summed E-state index contributed by atoms with van der Waals surface area (Å²) in [5.74, 6) is -1.76. The minimum atomic E-state index is -1.05. The summed E-state index contributed by atoms with van der Waals surface area (Å²) >= 11 is 0. The van der Waals surface area contributed by atoms with E-state index in [-0.39, 0.29) is 24.3 Å². The average molecular weight is 400 g/mol. The van der Waals surface area contributed by atoms with Gasteiger partial charge in [-0.2, -0.15) is 0 Å². The molecule has 0 heterocycles. The number of ether oxygens (including phenoxy) is 1. The molecule has 0 bridgehead atoms. The number of benzene rings is 2. The first kappa shape index (κ1) is 21.4. The summed E-state index contributed by atoms with van der Waals surface area (Å²) in [6.07, 6.45) is -1.14. The van der Waals surface area contributed by atoms with E-state index in [1.54, 1.807) is 12.1 Å². The number of nitro benzene ring substituents is 1. The molecule has 29 heavy (non-hydrogen) atoms. The second-order valence-electron chi connectivity index (χ2n) is 6.01. The quantitative estimate of drug-likeness (QED) is 0.331. The van der Waals surface area contributed by atoms with Crippen LogP contribution in [0.1, 0.15) is 23.7 Å². The molecule has 1 atom stereocenters. The topological polar surface area (TPSA) is 154 Å². The van der Waals surface area contributed by atoms with Gasteiger partial charge in [0.15, 0.2) is 6.10 Å². The first-order valence-corrected chi connectivity index (χ1v) is 8.65. The van der Waals surface area contributed by atoms with Gasteiger partial charge in [0.05, 0.1) is 11.3 Å². The van der Waals surface area contributed by atoms with Crippen molar-refractivity contribution in [2.45, 2.75) is 19.4 Å². The monoisotopic (exact) mass is 400 g/mol. The van der Waals surface area contributed by atoms with E-state index in [0.717, 1.165) is 0 Å². The van der Waals surface area contributed by atoms with Crippen molar-refractivity contribution in [1.82, 2.24) is 0 Å². The number of carbonyl (C=O) groups is 3. The summed E-state index contributed by atoms with van der Waals surface area (Å²) < 4.78 is 5.06. The Morgan fingerprint density at radius 3 is 2.41 bits per heavy atom. The van der Waals surface area contributed by atoms with Crippen LogP contribution >= 0.6 is 0 Å². The molecule has 0 aliphatic rings. The standard InChI is InChI=1S/C19H20N4O6/c1-12(19(26)22-14-8-6-13(7-9-14)18(20)25)29-17(24)10-11-21-15-4-2-3-5-16(15)23(27)28/h2-9,12,21H,10-11H2,1H3,(H2,20,25)(H,22,26). The van der Waals surface area contributed by atoms with Crippen LogP contribution in [0.25, 0.3) is 0 Å². The van der Waals surface area contributed by atoms with Gasteiger partial charge < -0.3 is 21.1 Å². The van der Waals surface area contributed by atoms with Crippen molar-refractivity contribution >= 4 is 34.8 Å². The number of amides is 2. The molecule has 0 aliphatic heterocycles. The third-order valence-corrected chi connectivity index (χ3v) is 3.86. The van der Waals surface area contributed by atoms with E-state index in [1.807, 2.05) is 0 Å². The molecule has 10 heteroatoms. The average Bonchev–Trinajstić information content (AvgIpc) is 2.68. The van der Waals surface area contributed by atoms with Crippen LogP contribution in [0.5, 0.6) is 0 Å². The number of nitrogens with zero attached hydrogens (tertiary/aromatic N) is 1. The lowest BCUT2D eigenvalue weighted by atomic mass is 10.2. The Morgan fingerprint density at radius 2 is 1.79 bits per heavy atom. The van der Waals surface area contributed by atoms with Gasteiger partial charge in [0.2, 0.25) is 5.91 Å². The Balaban J connectivity index is 1.80. The van der Waals surface area contributed by atoms with Crippen LogP contribution in [0.15, 0.2) is 48.5 Å². The van der Waals surface area contributed by atoms with E-state index >= 15 is 0 Å². The van der Waals surface area contributed by atoms with Gasteiger partial charge in [0.25, 0.3) is 11.6 Å². The molecule has 2 aromatic rings. The zero-order valence-electron chi connectivity index (χ0n) is 15.6. The lowest BCUT2D eigenvalue weighted by Crippen LogP contribution is -2.30. The number of nitro groups is 1. The fourth-order valence-electron chi connectivity index (χ4n) is 2.35. The largest absolute Gasteiger partial charge is 0.452 e. The highest BCUT2D eigenvalue weighted by Crippen LogP contribution is 2.22. The van der Waals surface area contributed by atoms with Gasteiger partial charge in [-0.05, 0) is 37.3 Å². The predicted octanol–water partition coefficient (Wildman–Crippen LogP) is 2.07. The highest BCUT2D eigenvalue weighted by atomic mass is 16.6. The van der Waals surface area contributed by atoms with E-state index < -0.39 is 28.8 Å². The summed E-state index contributed by atoms with van der Waals surface area (Å²) in [7, 11) is 0. The summed E-state index contributed by atoms with van der Waals surface area (Å²) in [6.45, 7) is 1.52. The van der Waals surface area contributed by atoms with Crippen LogP contribution in [0.4, 0.5) is 17.1 Å². The van der Waals surface area contributed by atoms with Crippen LogP contribution < -0.4 is 16.4 Å². The number of rotatable bonds is 9. The SMILES string of the molecule is CC(OC(=O)CCNc1ccccc1[N+](=O)[O-])C(=O)Nc1ccc(C(N)=O)cc1. The van der Waals surface area contributed by atoms with Crippen LogP contribution in [0.3, 0.4) is 0 Å². The normalized spacial score (nSPS) is 11.2. The Kier molecular flexibility index (Phi) is 7.24. The Bertz CT molecular complexity index is 913. The first-order chi connectivity index (χ1) is 13.8. The maximum absolute atomic E-state index is 12.1. The molecule has 0 fully saturated rings. The van der Waals surface area contributed by atoms with Gasteiger partial charge in [-0.1, -0.05) is 12.1 Å². The van der Waals surface area contributed by atoms with Crippen molar-refractivity contribution in [3.05, 3.63) is 64.2 Å². The molecule has 0 aromatic heterocycles. The van der Waals surface area contributed by atoms with E-state index in [1.165, 1.54) is 43.3 Å². The van der Waals surface area contributed by atoms with Crippen molar-refractivity contribution in [2.24, 2.45) is 5.73 Å². The molecule has 4 N–H and O–H groups in total. The number of para-hydroxylation sites is 2. The van der Waals surface area contributed by atoms with Crippen molar-refractivity contribution in [2.75, 3.05) is 17.2 Å². The Morgan fingerprint density at radius 1 is 1.14 bits per heavy atom. The number of hydrogen-bond donors (Lipinski definition) is 3. The first-order valence-electron chi connectivity index (χ1n) is 8.65. The molecule has 10 nitrogen and oxygen atoms in total. The zero-order chi connectivity index (χ0) is 21.4. The van der Waals surface area contributed by atoms with Gasteiger partial charge in [0, 0.05) is 23.9 Å². The van der Waals surface area contributed by atoms with Gasteiger partial charge in [-0.3, -0.25) is 24.5 Å². The smallest absolute Gasteiger partial charge is 0.308 e. The van der Waals surface area contributed by atoms with Crippen molar-refractivity contribution in [1.29, 1.82) is 0 Å². The predicted molar refractivity (Wildman–Crippen MR) is 105 cm³/mol. The molecular formula is C19H20N4O6. The maximum atomic E-state index is 12.1. The molecule has 2 rings (SSSR count). The third-order valence-electron chi connectivity index (χ3n) is 3.86. The highest BCUT2D eigenvalue weighted by molar-refractivity contribution is 5.96.